The van der Waals surface area contributed by atoms with E-state index in [4.69, 9.17) is 28.2 Å². The number of ether oxygens (including phenoxy) is 5. The molecule has 0 aromatic heterocycles. The minimum absolute atomic E-state index is 0.0796. The second-order valence-electron chi connectivity index (χ2n) is 9.69. The topological polar surface area (TPSA) is 116 Å². The van der Waals surface area contributed by atoms with Crippen LogP contribution in [0.2, 0.25) is 0 Å². The number of rotatable bonds is 5. The average molecular weight is 505 g/mol. The van der Waals surface area contributed by atoms with Crippen LogP contribution in [0.15, 0.2) is 54.6 Å². The Hall–Kier alpha value is -2.33. The fraction of sp³-hybridized carbons (Fsp3) is 0.500. The molecule has 0 radical (unpaired) electrons. The van der Waals surface area contributed by atoms with Crippen molar-refractivity contribution in [1.82, 2.24) is 0 Å². The fourth-order valence-electron chi connectivity index (χ4n) is 4.71. The third-order valence-corrected chi connectivity index (χ3v) is 8.84. The number of hydrogen-bond acceptors (Lipinski definition) is 9. The Balaban J connectivity index is 1.56. The Morgan fingerprint density at radius 3 is 2.17 bits per heavy atom. The molecule has 11 heteroatoms. The van der Waals surface area contributed by atoms with E-state index >= 15 is 0 Å². The lowest BCUT2D eigenvalue weighted by molar-refractivity contribution is -0.384. The van der Waals surface area contributed by atoms with Gasteiger partial charge in [-0.05, 0) is 52.0 Å². The summed E-state index contributed by atoms with van der Waals surface area (Å²) in [4.78, 5) is 10.6. The highest BCUT2D eigenvalue weighted by Gasteiger charge is 2.64. The van der Waals surface area contributed by atoms with E-state index in [2.05, 4.69) is 0 Å². The molecule has 10 nitrogen and oxygen atoms in total. The molecule has 0 amide bonds. The summed E-state index contributed by atoms with van der Waals surface area (Å²) in [7, 11) is -3.75. The van der Waals surface area contributed by atoms with Crippen molar-refractivity contribution in [1.29, 1.82) is 0 Å². The second-order valence-corrected chi connectivity index (χ2v) is 12.1. The number of nitro benzene ring substituents is 1. The fourth-order valence-corrected chi connectivity index (χ4v) is 7.33. The first-order chi connectivity index (χ1) is 16.5. The summed E-state index contributed by atoms with van der Waals surface area (Å²) in [6.07, 6.45) is -2.70. The zero-order chi connectivity index (χ0) is 25.0. The maximum absolute atomic E-state index is 14.7. The van der Waals surface area contributed by atoms with Gasteiger partial charge in [0.15, 0.2) is 11.6 Å². The molecule has 35 heavy (non-hydrogen) atoms. The maximum Gasteiger partial charge on any atom is 0.274 e. The van der Waals surface area contributed by atoms with Crippen molar-refractivity contribution in [2.45, 2.75) is 69.5 Å². The van der Waals surface area contributed by atoms with Crippen LogP contribution in [0.5, 0.6) is 5.75 Å². The molecule has 0 bridgehead atoms. The van der Waals surface area contributed by atoms with Crippen LogP contribution in [0.1, 0.15) is 27.7 Å². The molecule has 0 spiro atoms. The summed E-state index contributed by atoms with van der Waals surface area (Å²) in [5.41, 5.74) is -0.0796. The predicted molar refractivity (Wildman–Crippen MR) is 125 cm³/mol. The van der Waals surface area contributed by atoms with Gasteiger partial charge >= 0.3 is 0 Å². The predicted octanol–water partition coefficient (Wildman–Crippen LogP) is 3.97. The summed E-state index contributed by atoms with van der Waals surface area (Å²) in [5, 5.41) is 11.5. The van der Waals surface area contributed by atoms with E-state index in [9.17, 15) is 14.7 Å². The molecule has 3 saturated heterocycles. The van der Waals surface area contributed by atoms with Gasteiger partial charge in [0.05, 0.1) is 11.5 Å². The molecule has 3 fully saturated rings. The minimum Gasteiger partial charge on any atom is -0.477 e. The van der Waals surface area contributed by atoms with E-state index in [1.54, 1.807) is 52.0 Å². The summed E-state index contributed by atoms with van der Waals surface area (Å²) in [6.45, 7) is 7.40. The Morgan fingerprint density at radius 2 is 1.57 bits per heavy atom. The largest absolute Gasteiger partial charge is 0.477 e. The molecular weight excluding hydrogens is 477 g/mol. The number of fused-ring (bicyclic) bond motifs is 1. The molecule has 0 unspecified atom stereocenters. The van der Waals surface area contributed by atoms with Crippen molar-refractivity contribution in [3.8, 4) is 5.75 Å². The molecule has 0 aliphatic carbocycles. The molecule has 3 aliphatic heterocycles. The summed E-state index contributed by atoms with van der Waals surface area (Å²) in [6, 6.07) is 14.4. The highest BCUT2D eigenvalue weighted by molar-refractivity contribution is 7.67. The van der Waals surface area contributed by atoms with E-state index in [0.29, 0.717) is 11.1 Å². The van der Waals surface area contributed by atoms with Crippen LogP contribution < -0.4 is 10.0 Å². The van der Waals surface area contributed by atoms with Gasteiger partial charge in [0, 0.05) is 17.4 Å². The Labute approximate surface area is 203 Å². The third-order valence-electron chi connectivity index (χ3n) is 6.20. The summed E-state index contributed by atoms with van der Waals surface area (Å²) >= 11 is 0. The zero-order valence-corrected chi connectivity index (χ0v) is 20.8. The highest BCUT2D eigenvalue weighted by atomic mass is 31.2. The quantitative estimate of drug-likeness (QED) is 0.338. The van der Waals surface area contributed by atoms with Crippen molar-refractivity contribution < 1.29 is 37.7 Å². The lowest BCUT2D eigenvalue weighted by atomic mass is 10.0. The van der Waals surface area contributed by atoms with Crippen molar-refractivity contribution >= 4 is 18.4 Å². The van der Waals surface area contributed by atoms with Gasteiger partial charge in [0.25, 0.3) is 13.1 Å². The van der Waals surface area contributed by atoms with Crippen LogP contribution in [-0.4, -0.2) is 53.4 Å². The van der Waals surface area contributed by atoms with Crippen molar-refractivity contribution in [2.24, 2.45) is 0 Å². The number of benzene rings is 2. The normalized spacial score (nSPS) is 35.4. The lowest BCUT2D eigenvalue weighted by Gasteiger charge is -2.43. The van der Waals surface area contributed by atoms with Crippen molar-refractivity contribution in [2.75, 3.05) is 6.61 Å². The first-order valence-corrected chi connectivity index (χ1v) is 13.1. The number of non-ortho nitro benzene ring substituents is 1. The Bertz CT molecular complexity index is 1140. The molecule has 6 atom stereocenters. The zero-order valence-electron chi connectivity index (χ0n) is 19.9. The Morgan fingerprint density at radius 1 is 0.914 bits per heavy atom. The molecular formula is C24H28NO9P. The molecule has 2 aromatic carbocycles. The average Bonchev–Trinajstić information content (AvgIpc) is 3.34. The van der Waals surface area contributed by atoms with E-state index in [1.165, 1.54) is 24.3 Å². The minimum atomic E-state index is -3.75. The molecule has 0 saturated carbocycles. The summed E-state index contributed by atoms with van der Waals surface area (Å²) < 4.78 is 51.7. The van der Waals surface area contributed by atoms with Crippen molar-refractivity contribution in [3.63, 3.8) is 0 Å². The van der Waals surface area contributed by atoms with Crippen LogP contribution in [0, 0.1) is 10.1 Å². The van der Waals surface area contributed by atoms with Gasteiger partial charge in [-0.25, -0.2) is 0 Å². The lowest BCUT2D eigenvalue weighted by Crippen LogP contribution is -2.56. The molecule has 0 N–H and O–H groups in total. The second kappa shape index (κ2) is 8.65. The van der Waals surface area contributed by atoms with Gasteiger partial charge in [-0.3, -0.25) is 14.7 Å². The van der Waals surface area contributed by atoms with Gasteiger partial charge in [0.1, 0.15) is 30.2 Å². The Kier molecular flexibility index (Phi) is 6.03. The number of hydrogen-bond donors (Lipinski definition) is 0. The highest BCUT2D eigenvalue weighted by Crippen LogP contribution is 2.61. The van der Waals surface area contributed by atoms with E-state index in [1.807, 2.05) is 6.07 Å². The van der Waals surface area contributed by atoms with Crippen LogP contribution in [-0.2, 0) is 28.0 Å². The first-order valence-electron chi connectivity index (χ1n) is 11.4. The van der Waals surface area contributed by atoms with Crippen LogP contribution in [0.25, 0.3) is 0 Å². The summed E-state index contributed by atoms with van der Waals surface area (Å²) in [5.74, 6) is -2.58. The number of nitro groups is 1. The van der Waals surface area contributed by atoms with E-state index < -0.39 is 54.1 Å². The van der Waals surface area contributed by atoms with E-state index in [-0.39, 0.29) is 12.3 Å². The van der Waals surface area contributed by atoms with Gasteiger partial charge < -0.3 is 28.2 Å². The van der Waals surface area contributed by atoms with Gasteiger partial charge in [0.2, 0.25) is 5.85 Å². The standard InChI is InChI=1S/C24H28NO9P/c1-23(2)29-14-18(31-23)19-20-21(33-24(3,4)32-20)22(30-16-12-10-15(11-13-16)25(26)27)35(28,34-19)17-8-6-5-7-9-17/h5-13,18-22H,14H2,1-4H3/t18-,19-,20+,21+,22-,35+/m1/s1. The first kappa shape index (κ1) is 24.4. The van der Waals surface area contributed by atoms with E-state index in [0.717, 1.165) is 0 Å². The van der Waals surface area contributed by atoms with Gasteiger partial charge in [-0.15, -0.1) is 0 Å². The van der Waals surface area contributed by atoms with Gasteiger partial charge in [-0.2, -0.15) is 0 Å². The van der Waals surface area contributed by atoms with Crippen LogP contribution in [0.4, 0.5) is 5.69 Å². The molecule has 3 aliphatic rings. The molecule has 3 heterocycles. The van der Waals surface area contributed by atoms with Crippen LogP contribution in [0.3, 0.4) is 0 Å². The molecule has 2 aromatic rings. The van der Waals surface area contributed by atoms with Crippen LogP contribution >= 0.6 is 7.37 Å². The monoisotopic (exact) mass is 505 g/mol. The third kappa shape index (κ3) is 4.62. The SMILES string of the molecule is CC1(C)O[C@H]2[C@@H]([C@H]3COC(C)(C)O3)O[P@@](=O)(c3ccccc3)[C@@H](Oc3ccc([N+](=O)[O-])cc3)[C@H]2O1. The van der Waals surface area contributed by atoms with Gasteiger partial charge in [-0.1, -0.05) is 18.2 Å². The number of nitrogens with zero attached hydrogens (tertiary/aromatic N) is 1. The smallest absolute Gasteiger partial charge is 0.274 e. The molecule has 188 valence electrons. The maximum atomic E-state index is 14.7. The molecule has 5 rings (SSSR count). The van der Waals surface area contributed by atoms with Crippen molar-refractivity contribution in [3.05, 3.63) is 64.7 Å².